The molecule has 0 aliphatic carbocycles. The summed E-state index contributed by atoms with van der Waals surface area (Å²) in [6.45, 7) is 0. The van der Waals surface area contributed by atoms with Crippen molar-refractivity contribution in [2.45, 2.75) is 0 Å². The van der Waals surface area contributed by atoms with Crippen LogP contribution in [0.2, 0.25) is 0 Å². The van der Waals surface area contributed by atoms with Crippen molar-refractivity contribution in [2.75, 3.05) is 5.73 Å². The number of nitrogen functional groups attached to an aromatic ring is 1. The van der Waals surface area contributed by atoms with Crippen LogP contribution in [0.1, 0.15) is 15.9 Å². The molecule has 0 bridgehead atoms. The monoisotopic (exact) mass is 311 g/mol. The third kappa shape index (κ3) is 2.41. The zero-order chi connectivity index (χ0) is 13.3. The first kappa shape index (κ1) is 12.7. The van der Waals surface area contributed by atoms with Gasteiger partial charge >= 0.3 is 0 Å². The van der Waals surface area contributed by atoms with Crippen LogP contribution in [0.15, 0.2) is 40.9 Å². The van der Waals surface area contributed by atoms with Crippen LogP contribution < -0.4 is 5.73 Å². The minimum absolute atomic E-state index is 0.176. The zero-order valence-electron chi connectivity index (χ0n) is 9.08. The highest BCUT2D eigenvalue weighted by atomic mass is 79.9. The molecule has 0 atom stereocenters. The molecule has 0 amide bonds. The molecule has 0 aromatic heterocycles. The highest BCUT2D eigenvalue weighted by Crippen LogP contribution is 2.23. The van der Waals surface area contributed by atoms with Crippen LogP contribution in [0, 0.1) is 11.6 Å². The van der Waals surface area contributed by atoms with E-state index in [1.165, 1.54) is 6.07 Å². The molecule has 0 aliphatic heterocycles. The van der Waals surface area contributed by atoms with Gasteiger partial charge in [0, 0.05) is 21.8 Å². The number of anilines is 1. The number of ketones is 1. The fourth-order valence-electron chi connectivity index (χ4n) is 1.54. The van der Waals surface area contributed by atoms with E-state index in [2.05, 4.69) is 15.9 Å². The maximum absolute atomic E-state index is 13.5. The maximum atomic E-state index is 13.5. The van der Waals surface area contributed by atoms with Crippen LogP contribution in [0.5, 0.6) is 0 Å². The van der Waals surface area contributed by atoms with Gasteiger partial charge in [-0.15, -0.1) is 0 Å². The second-order valence-electron chi connectivity index (χ2n) is 3.68. The summed E-state index contributed by atoms with van der Waals surface area (Å²) >= 11 is 3.21. The number of nitrogens with two attached hydrogens (primary N) is 1. The molecule has 0 saturated heterocycles. The molecule has 2 rings (SSSR count). The fourth-order valence-corrected chi connectivity index (χ4v) is 1.90. The first-order chi connectivity index (χ1) is 8.49. The van der Waals surface area contributed by atoms with Gasteiger partial charge in [-0.3, -0.25) is 4.79 Å². The van der Waals surface area contributed by atoms with Gasteiger partial charge in [-0.2, -0.15) is 0 Å². The minimum atomic E-state index is -0.903. The Morgan fingerprint density at radius 3 is 2.44 bits per heavy atom. The van der Waals surface area contributed by atoms with E-state index >= 15 is 0 Å². The number of carbonyl (C=O) groups is 1. The standard InChI is InChI=1S/C13H8BrF2NO/c14-7-1-4-12(17)10(5-7)13(18)9-3-2-8(15)6-11(9)16/h1-6H,17H2. The Morgan fingerprint density at radius 2 is 1.78 bits per heavy atom. The smallest absolute Gasteiger partial charge is 0.198 e. The lowest BCUT2D eigenvalue weighted by Crippen LogP contribution is -2.07. The Bertz CT molecular complexity index is 628. The predicted octanol–water partition coefficient (Wildman–Crippen LogP) is 3.54. The topological polar surface area (TPSA) is 43.1 Å². The molecule has 92 valence electrons. The Balaban J connectivity index is 2.51. The Labute approximate surface area is 111 Å². The summed E-state index contributed by atoms with van der Waals surface area (Å²) in [6.07, 6.45) is 0. The van der Waals surface area contributed by atoms with Gasteiger partial charge in [-0.25, -0.2) is 8.78 Å². The van der Waals surface area contributed by atoms with E-state index in [-0.39, 0.29) is 16.8 Å². The van der Waals surface area contributed by atoms with Crippen LogP contribution in [0.4, 0.5) is 14.5 Å². The van der Waals surface area contributed by atoms with Crippen molar-refractivity contribution in [2.24, 2.45) is 0 Å². The zero-order valence-corrected chi connectivity index (χ0v) is 10.7. The largest absolute Gasteiger partial charge is 0.398 e. The molecule has 5 heteroatoms. The van der Waals surface area contributed by atoms with E-state index < -0.39 is 17.4 Å². The third-order valence-corrected chi connectivity index (χ3v) is 2.93. The van der Waals surface area contributed by atoms with Crippen LogP contribution in [0.3, 0.4) is 0 Å². The van der Waals surface area contributed by atoms with Gasteiger partial charge in [0.05, 0.1) is 5.56 Å². The van der Waals surface area contributed by atoms with Gasteiger partial charge in [-0.1, -0.05) is 15.9 Å². The molecule has 2 nitrogen and oxygen atoms in total. The molecule has 2 aromatic carbocycles. The number of halogens is 3. The second-order valence-corrected chi connectivity index (χ2v) is 4.60. The average Bonchev–Trinajstić information content (AvgIpc) is 2.31. The van der Waals surface area contributed by atoms with E-state index in [9.17, 15) is 13.6 Å². The van der Waals surface area contributed by atoms with Crippen molar-refractivity contribution in [3.05, 3.63) is 63.6 Å². The first-order valence-corrected chi connectivity index (χ1v) is 5.83. The number of hydrogen-bond acceptors (Lipinski definition) is 2. The van der Waals surface area contributed by atoms with Gasteiger partial charge in [0.25, 0.3) is 0 Å². The van der Waals surface area contributed by atoms with E-state index in [1.807, 2.05) is 0 Å². The van der Waals surface area contributed by atoms with Crippen LogP contribution in [-0.4, -0.2) is 5.78 Å². The maximum Gasteiger partial charge on any atom is 0.198 e. The number of carbonyl (C=O) groups excluding carboxylic acids is 1. The summed E-state index contributed by atoms with van der Waals surface area (Å²) in [5.41, 5.74) is 5.88. The molecule has 0 radical (unpaired) electrons. The van der Waals surface area contributed by atoms with Gasteiger partial charge in [0.1, 0.15) is 11.6 Å². The van der Waals surface area contributed by atoms with Crippen molar-refractivity contribution < 1.29 is 13.6 Å². The van der Waals surface area contributed by atoms with Crippen LogP contribution in [0.25, 0.3) is 0 Å². The lowest BCUT2D eigenvalue weighted by atomic mass is 10.0. The number of rotatable bonds is 2. The molecule has 0 aliphatic rings. The minimum Gasteiger partial charge on any atom is -0.398 e. The summed E-state index contributed by atoms with van der Waals surface area (Å²) in [4.78, 5) is 12.1. The summed E-state index contributed by atoms with van der Waals surface area (Å²) in [6, 6.07) is 7.52. The van der Waals surface area contributed by atoms with Crippen LogP contribution >= 0.6 is 15.9 Å². The van der Waals surface area contributed by atoms with Crippen LogP contribution in [-0.2, 0) is 0 Å². The van der Waals surface area contributed by atoms with Gasteiger partial charge in [-0.05, 0) is 30.3 Å². The molecule has 0 unspecified atom stereocenters. The van der Waals surface area contributed by atoms with Gasteiger partial charge < -0.3 is 5.73 Å². The summed E-state index contributed by atoms with van der Waals surface area (Å²) in [7, 11) is 0. The first-order valence-electron chi connectivity index (χ1n) is 5.04. The number of benzene rings is 2. The lowest BCUT2D eigenvalue weighted by molar-refractivity contribution is 0.103. The Morgan fingerprint density at radius 1 is 1.06 bits per heavy atom. The van der Waals surface area contributed by atoms with Crippen molar-refractivity contribution in [1.29, 1.82) is 0 Å². The molecule has 0 heterocycles. The third-order valence-electron chi connectivity index (χ3n) is 2.44. The summed E-state index contributed by atoms with van der Waals surface area (Å²) in [5, 5.41) is 0. The Kier molecular flexibility index (Phi) is 3.43. The molecule has 0 saturated carbocycles. The average molecular weight is 312 g/mol. The van der Waals surface area contributed by atoms with Crippen molar-refractivity contribution in [1.82, 2.24) is 0 Å². The molecule has 2 N–H and O–H groups in total. The highest BCUT2D eigenvalue weighted by molar-refractivity contribution is 9.10. The van der Waals surface area contributed by atoms with Crippen molar-refractivity contribution >= 4 is 27.4 Å². The van der Waals surface area contributed by atoms with Crippen molar-refractivity contribution in [3.63, 3.8) is 0 Å². The van der Waals surface area contributed by atoms with E-state index in [0.29, 0.717) is 10.5 Å². The van der Waals surface area contributed by atoms with E-state index in [0.717, 1.165) is 12.1 Å². The Hall–Kier alpha value is -1.75. The molecule has 2 aromatic rings. The van der Waals surface area contributed by atoms with Gasteiger partial charge in [0.2, 0.25) is 0 Å². The number of hydrogen-bond donors (Lipinski definition) is 1. The van der Waals surface area contributed by atoms with E-state index in [1.54, 1.807) is 12.1 Å². The summed E-state index contributed by atoms with van der Waals surface area (Å²) < 4.78 is 26.9. The molecular formula is C13H8BrF2NO. The SMILES string of the molecule is Nc1ccc(Br)cc1C(=O)c1ccc(F)cc1F. The second kappa shape index (κ2) is 4.86. The van der Waals surface area contributed by atoms with Crippen molar-refractivity contribution in [3.8, 4) is 0 Å². The summed E-state index contributed by atoms with van der Waals surface area (Å²) in [5.74, 6) is -2.21. The quantitative estimate of drug-likeness (QED) is 0.681. The fraction of sp³-hybridized carbons (Fsp3) is 0. The van der Waals surface area contributed by atoms with Gasteiger partial charge in [0.15, 0.2) is 5.78 Å². The molecule has 0 fully saturated rings. The molecule has 0 spiro atoms. The lowest BCUT2D eigenvalue weighted by Gasteiger charge is -2.06. The predicted molar refractivity (Wildman–Crippen MR) is 68.3 cm³/mol. The highest BCUT2D eigenvalue weighted by Gasteiger charge is 2.17. The molecule has 18 heavy (non-hydrogen) atoms. The van der Waals surface area contributed by atoms with E-state index in [4.69, 9.17) is 5.73 Å². The molecular weight excluding hydrogens is 304 g/mol. The normalized spacial score (nSPS) is 10.4.